The lowest BCUT2D eigenvalue weighted by Gasteiger charge is -2.24. The molecule has 0 aromatic carbocycles. The number of furan rings is 1. The van der Waals surface area contributed by atoms with Gasteiger partial charge < -0.3 is 14.1 Å². The summed E-state index contributed by atoms with van der Waals surface area (Å²) < 4.78 is 11.1. The number of thiazole rings is 1. The van der Waals surface area contributed by atoms with Crippen molar-refractivity contribution >= 4 is 17.2 Å². The Morgan fingerprint density at radius 3 is 3.00 bits per heavy atom. The van der Waals surface area contributed by atoms with Crippen molar-refractivity contribution in [3.05, 3.63) is 40.2 Å². The molecule has 0 N–H and O–H groups in total. The van der Waals surface area contributed by atoms with E-state index in [4.69, 9.17) is 9.15 Å². The Balaban J connectivity index is 1.75. The Hall–Kier alpha value is -1.66. The van der Waals surface area contributed by atoms with Crippen LogP contribution in [0, 0.1) is 0 Å². The van der Waals surface area contributed by atoms with Crippen LogP contribution in [-0.2, 0) is 11.3 Å². The van der Waals surface area contributed by atoms with Gasteiger partial charge in [0.05, 0.1) is 30.1 Å². The molecule has 1 saturated heterocycles. The van der Waals surface area contributed by atoms with Crippen molar-refractivity contribution in [1.29, 1.82) is 0 Å². The number of hydrogen-bond acceptors (Lipinski definition) is 5. The largest absolute Gasteiger partial charge is 0.467 e. The molecule has 0 radical (unpaired) electrons. The van der Waals surface area contributed by atoms with E-state index in [1.807, 2.05) is 17.0 Å². The standard InChI is InChI=1S/C17H22N2O3S/c1-12(2)16-18-9-15(23-16)17(20)19(10-13-5-3-7-21-13)11-14-6-4-8-22-14/h3,5,7,9,12,14H,4,6,8,10-11H2,1-2H3/t14-/m1/s1. The van der Waals surface area contributed by atoms with Crippen molar-refractivity contribution in [2.24, 2.45) is 0 Å². The summed E-state index contributed by atoms with van der Waals surface area (Å²) in [5, 5.41) is 0.989. The lowest BCUT2D eigenvalue weighted by Crippen LogP contribution is -2.36. The van der Waals surface area contributed by atoms with Gasteiger partial charge in [0.25, 0.3) is 5.91 Å². The second kappa shape index (κ2) is 7.27. The molecule has 1 aliphatic rings. The number of aromatic nitrogens is 1. The molecule has 0 bridgehead atoms. The molecule has 2 aromatic heterocycles. The lowest BCUT2D eigenvalue weighted by atomic mass is 10.2. The lowest BCUT2D eigenvalue weighted by molar-refractivity contribution is 0.0495. The van der Waals surface area contributed by atoms with E-state index in [9.17, 15) is 4.79 Å². The highest BCUT2D eigenvalue weighted by molar-refractivity contribution is 7.13. The van der Waals surface area contributed by atoms with Gasteiger partial charge in [-0.05, 0) is 25.0 Å². The summed E-state index contributed by atoms with van der Waals surface area (Å²) in [5.74, 6) is 1.12. The number of rotatable bonds is 6. The van der Waals surface area contributed by atoms with Crippen LogP contribution in [0.3, 0.4) is 0 Å². The fourth-order valence-electron chi connectivity index (χ4n) is 2.65. The molecule has 5 nitrogen and oxygen atoms in total. The van der Waals surface area contributed by atoms with Gasteiger partial charge >= 0.3 is 0 Å². The van der Waals surface area contributed by atoms with Crippen LogP contribution in [0.15, 0.2) is 29.0 Å². The fourth-order valence-corrected chi connectivity index (χ4v) is 3.54. The second-order valence-corrected chi connectivity index (χ2v) is 7.18. The molecular formula is C17H22N2O3S. The Bertz CT molecular complexity index is 630. The summed E-state index contributed by atoms with van der Waals surface area (Å²) >= 11 is 1.47. The Morgan fingerprint density at radius 2 is 2.39 bits per heavy atom. The number of hydrogen-bond donors (Lipinski definition) is 0. The average molecular weight is 334 g/mol. The van der Waals surface area contributed by atoms with Gasteiger partial charge in [0, 0.05) is 19.1 Å². The van der Waals surface area contributed by atoms with E-state index in [1.54, 1.807) is 12.5 Å². The van der Waals surface area contributed by atoms with Gasteiger partial charge in [-0.2, -0.15) is 0 Å². The molecule has 124 valence electrons. The third-order valence-electron chi connectivity index (χ3n) is 3.89. The van der Waals surface area contributed by atoms with Gasteiger partial charge in [0.15, 0.2) is 0 Å². The van der Waals surface area contributed by atoms with Gasteiger partial charge in [-0.25, -0.2) is 4.98 Å². The third kappa shape index (κ3) is 4.00. The molecule has 2 aromatic rings. The van der Waals surface area contributed by atoms with Gasteiger partial charge in [0.2, 0.25) is 0 Å². The van der Waals surface area contributed by atoms with E-state index in [0.29, 0.717) is 23.9 Å². The van der Waals surface area contributed by atoms with Crippen molar-refractivity contribution in [1.82, 2.24) is 9.88 Å². The molecule has 1 atom stereocenters. The summed E-state index contributed by atoms with van der Waals surface area (Å²) in [5.41, 5.74) is 0. The first-order valence-electron chi connectivity index (χ1n) is 8.02. The van der Waals surface area contributed by atoms with E-state index in [-0.39, 0.29) is 12.0 Å². The fraction of sp³-hybridized carbons (Fsp3) is 0.529. The van der Waals surface area contributed by atoms with Crippen LogP contribution in [0.4, 0.5) is 0 Å². The average Bonchev–Trinajstić information content (AvgIpc) is 3.28. The molecule has 1 amide bonds. The molecule has 3 rings (SSSR count). The van der Waals surface area contributed by atoms with Crippen LogP contribution in [0.1, 0.15) is 53.0 Å². The van der Waals surface area contributed by atoms with Crippen molar-refractivity contribution in [2.45, 2.75) is 45.3 Å². The molecule has 6 heteroatoms. The van der Waals surface area contributed by atoms with E-state index < -0.39 is 0 Å². The molecule has 0 aliphatic carbocycles. The van der Waals surface area contributed by atoms with Crippen molar-refractivity contribution < 1.29 is 13.9 Å². The zero-order chi connectivity index (χ0) is 16.2. The summed E-state index contributed by atoms with van der Waals surface area (Å²) in [6.07, 6.45) is 5.50. The maximum atomic E-state index is 12.9. The van der Waals surface area contributed by atoms with Crippen LogP contribution in [0.5, 0.6) is 0 Å². The molecule has 0 saturated carbocycles. The first-order valence-corrected chi connectivity index (χ1v) is 8.84. The van der Waals surface area contributed by atoms with E-state index in [0.717, 1.165) is 30.2 Å². The Kier molecular flexibility index (Phi) is 5.13. The number of ether oxygens (including phenoxy) is 1. The highest BCUT2D eigenvalue weighted by atomic mass is 32.1. The Morgan fingerprint density at radius 1 is 1.52 bits per heavy atom. The van der Waals surface area contributed by atoms with Crippen LogP contribution in [-0.4, -0.2) is 35.0 Å². The van der Waals surface area contributed by atoms with E-state index in [2.05, 4.69) is 18.8 Å². The van der Waals surface area contributed by atoms with E-state index >= 15 is 0 Å². The molecule has 0 spiro atoms. The van der Waals surface area contributed by atoms with Crippen molar-refractivity contribution in [3.8, 4) is 0 Å². The highest BCUT2D eigenvalue weighted by Crippen LogP contribution is 2.24. The summed E-state index contributed by atoms with van der Waals surface area (Å²) in [6, 6.07) is 3.73. The van der Waals surface area contributed by atoms with Crippen LogP contribution in [0.25, 0.3) is 0 Å². The summed E-state index contributed by atoms with van der Waals surface area (Å²) in [7, 11) is 0. The zero-order valence-corrected chi connectivity index (χ0v) is 14.3. The molecule has 1 aliphatic heterocycles. The second-order valence-electron chi connectivity index (χ2n) is 6.12. The predicted molar refractivity (Wildman–Crippen MR) is 88.6 cm³/mol. The summed E-state index contributed by atoms with van der Waals surface area (Å²) in [6.45, 7) is 6.00. The number of nitrogens with zero attached hydrogens (tertiary/aromatic N) is 2. The first kappa shape index (κ1) is 16.2. The number of amides is 1. The van der Waals surface area contributed by atoms with Gasteiger partial charge in [-0.15, -0.1) is 11.3 Å². The van der Waals surface area contributed by atoms with Crippen molar-refractivity contribution in [2.75, 3.05) is 13.2 Å². The highest BCUT2D eigenvalue weighted by Gasteiger charge is 2.25. The SMILES string of the molecule is CC(C)c1ncc(C(=O)N(Cc2ccco2)C[C@H]2CCCO2)s1. The smallest absolute Gasteiger partial charge is 0.266 e. The number of carbonyl (C=O) groups excluding carboxylic acids is 1. The maximum absolute atomic E-state index is 12.9. The minimum Gasteiger partial charge on any atom is -0.467 e. The normalized spacial score (nSPS) is 17.8. The molecule has 3 heterocycles. The monoisotopic (exact) mass is 334 g/mol. The first-order chi connectivity index (χ1) is 11.1. The maximum Gasteiger partial charge on any atom is 0.266 e. The van der Waals surface area contributed by atoms with Crippen LogP contribution < -0.4 is 0 Å². The van der Waals surface area contributed by atoms with E-state index in [1.165, 1.54) is 11.3 Å². The minimum atomic E-state index is 0.00120. The molecular weight excluding hydrogens is 312 g/mol. The van der Waals surface area contributed by atoms with Crippen LogP contribution in [0.2, 0.25) is 0 Å². The van der Waals surface area contributed by atoms with Gasteiger partial charge in [0.1, 0.15) is 10.6 Å². The topological polar surface area (TPSA) is 55.6 Å². The molecule has 0 unspecified atom stereocenters. The van der Waals surface area contributed by atoms with Gasteiger partial charge in [-0.1, -0.05) is 13.8 Å². The quantitative estimate of drug-likeness (QED) is 0.808. The minimum absolute atomic E-state index is 0.00120. The summed E-state index contributed by atoms with van der Waals surface area (Å²) in [4.78, 5) is 19.7. The third-order valence-corrected chi connectivity index (χ3v) is 5.18. The number of carbonyl (C=O) groups is 1. The van der Waals surface area contributed by atoms with Crippen LogP contribution >= 0.6 is 11.3 Å². The van der Waals surface area contributed by atoms with Crippen molar-refractivity contribution in [3.63, 3.8) is 0 Å². The predicted octanol–water partition coefficient (Wildman–Crippen LogP) is 3.68. The van der Waals surface area contributed by atoms with Gasteiger partial charge in [-0.3, -0.25) is 4.79 Å². The molecule has 23 heavy (non-hydrogen) atoms. The molecule has 1 fully saturated rings. The zero-order valence-electron chi connectivity index (χ0n) is 13.5. The Labute approximate surface area is 140 Å².